The Balaban J connectivity index is 2.70. The lowest BCUT2D eigenvalue weighted by atomic mass is 10.1. The van der Waals surface area contributed by atoms with Crippen molar-refractivity contribution in [1.29, 1.82) is 0 Å². The van der Waals surface area contributed by atoms with Gasteiger partial charge in [-0.3, -0.25) is 14.3 Å². The van der Waals surface area contributed by atoms with E-state index < -0.39 is 11.9 Å². The maximum atomic E-state index is 11.9. The van der Waals surface area contributed by atoms with E-state index in [4.69, 9.17) is 5.11 Å². The predicted octanol–water partition coefficient (Wildman–Crippen LogP) is 0.994. The van der Waals surface area contributed by atoms with Crippen LogP contribution in [0.4, 0.5) is 0 Å². The van der Waals surface area contributed by atoms with Gasteiger partial charge in [0.05, 0.1) is 11.6 Å². The van der Waals surface area contributed by atoms with Crippen molar-refractivity contribution >= 4 is 11.9 Å². The van der Waals surface area contributed by atoms with E-state index in [1.807, 2.05) is 13.8 Å². The average molecular weight is 253 g/mol. The molecule has 0 bridgehead atoms. The van der Waals surface area contributed by atoms with Crippen LogP contribution in [-0.2, 0) is 11.8 Å². The number of aliphatic carboxylic acids is 1. The second-order valence-electron chi connectivity index (χ2n) is 4.68. The molecule has 1 aromatic rings. The molecule has 0 unspecified atom stereocenters. The Bertz CT molecular complexity index is 451. The molecular formula is C12H19N3O3. The number of nitrogens with zero attached hydrogens (tertiary/aromatic N) is 2. The average Bonchev–Trinajstić information content (AvgIpc) is 2.67. The Morgan fingerprint density at radius 2 is 2.06 bits per heavy atom. The molecule has 0 saturated heterocycles. The molecule has 1 atom stereocenters. The molecule has 6 heteroatoms. The van der Waals surface area contributed by atoms with Crippen LogP contribution in [0.5, 0.6) is 0 Å². The number of rotatable bonds is 5. The largest absolute Gasteiger partial charge is 0.481 e. The van der Waals surface area contributed by atoms with Crippen LogP contribution in [-0.4, -0.2) is 33.3 Å². The summed E-state index contributed by atoms with van der Waals surface area (Å²) in [5.74, 6) is -1.59. The lowest BCUT2D eigenvalue weighted by Crippen LogP contribution is -2.32. The monoisotopic (exact) mass is 253 g/mol. The molecular weight excluding hydrogens is 234 g/mol. The Morgan fingerprint density at radius 3 is 2.50 bits per heavy atom. The summed E-state index contributed by atoms with van der Waals surface area (Å²) < 4.78 is 1.51. The summed E-state index contributed by atoms with van der Waals surface area (Å²) in [5.41, 5.74) is 1.28. The van der Waals surface area contributed by atoms with Crippen LogP contribution in [0.3, 0.4) is 0 Å². The molecule has 6 nitrogen and oxygen atoms in total. The van der Waals surface area contributed by atoms with Crippen molar-refractivity contribution in [2.75, 3.05) is 6.54 Å². The van der Waals surface area contributed by atoms with Gasteiger partial charge in [0.2, 0.25) is 0 Å². The van der Waals surface area contributed by atoms with E-state index in [0.717, 1.165) is 5.69 Å². The molecule has 1 amide bonds. The van der Waals surface area contributed by atoms with Gasteiger partial charge in [0.25, 0.3) is 5.91 Å². The van der Waals surface area contributed by atoms with Gasteiger partial charge in [-0.15, -0.1) is 0 Å². The number of carbonyl (C=O) groups excluding carboxylic acids is 1. The van der Waals surface area contributed by atoms with Crippen molar-refractivity contribution in [1.82, 2.24) is 15.1 Å². The Labute approximate surface area is 106 Å². The lowest BCUT2D eigenvalue weighted by Gasteiger charge is -2.08. The standard InChI is InChI=1S/C12H19N3O3/c1-7(2)9-5-10(15(4)14-9)11(16)13-6-8(3)12(17)18/h5,7-8H,6H2,1-4H3,(H,13,16)(H,17,18)/t8-/m1/s1. The Morgan fingerprint density at radius 1 is 1.44 bits per heavy atom. The van der Waals surface area contributed by atoms with Crippen molar-refractivity contribution in [3.05, 3.63) is 17.5 Å². The first-order valence-electron chi connectivity index (χ1n) is 5.87. The van der Waals surface area contributed by atoms with E-state index in [0.29, 0.717) is 5.69 Å². The molecule has 0 aliphatic heterocycles. The van der Waals surface area contributed by atoms with E-state index in [1.54, 1.807) is 20.0 Å². The number of carbonyl (C=O) groups is 2. The number of hydrogen-bond donors (Lipinski definition) is 2. The van der Waals surface area contributed by atoms with E-state index in [1.165, 1.54) is 4.68 Å². The van der Waals surface area contributed by atoms with Crippen LogP contribution in [0.15, 0.2) is 6.07 Å². The second-order valence-corrected chi connectivity index (χ2v) is 4.68. The summed E-state index contributed by atoms with van der Waals surface area (Å²) in [6.45, 7) is 5.65. The first kappa shape index (κ1) is 14.2. The highest BCUT2D eigenvalue weighted by Gasteiger charge is 2.17. The highest BCUT2D eigenvalue weighted by molar-refractivity contribution is 5.92. The lowest BCUT2D eigenvalue weighted by molar-refractivity contribution is -0.140. The molecule has 100 valence electrons. The third-order valence-electron chi connectivity index (χ3n) is 2.71. The van der Waals surface area contributed by atoms with Crippen LogP contribution in [0.2, 0.25) is 0 Å². The first-order chi connectivity index (χ1) is 8.32. The predicted molar refractivity (Wildman–Crippen MR) is 66.4 cm³/mol. The highest BCUT2D eigenvalue weighted by Crippen LogP contribution is 2.13. The second kappa shape index (κ2) is 5.66. The summed E-state index contributed by atoms with van der Waals surface area (Å²) in [4.78, 5) is 22.5. The maximum absolute atomic E-state index is 11.9. The van der Waals surface area contributed by atoms with Crippen LogP contribution in [0, 0.1) is 5.92 Å². The van der Waals surface area contributed by atoms with Gasteiger partial charge in [-0.25, -0.2) is 0 Å². The van der Waals surface area contributed by atoms with Crippen LogP contribution < -0.4 is 5.32 Å². The van der Waals surface area contributed by atoms with E-state index in [-0.39, 0.29) is 18.4 Å². The fourth-order valence-electron chi connectivity index (χ4n) is 1.41. The van der Waals surface area contributed by atoms with Crippen LogP contribution in [0.1, 0.15) is 42.9 Å². The third-order valence-corrected chi connectivity index (χ3v) is 2.71. The summed E-state index contributed by atoms with van der Waals surface area (Å²) in [6, 6.07) is 1.73. The van der Waals surface area contributed by atoms with E-state index in [2.05, 4.69) is 10.4 Å². The fourth-order valence-corrected chi connectivity index (χ4v) is 1.41. The van der Waals surface area contributed by atoms with Crippen molar-refractivity contribution in [2.24, 2.45) is 13.0 Å². The quantitative estimate of drug-likeness (QED) is 0.819. The molecule has 1 heterocycles. The number of carboxylic acid groups (broad SMARTS) is 1. The topological polar surface area (TPSA) is 84.2 Å². The molecule has 0 aromatic carbocycles. The van der Waals surface area contributed by atoms with Crippen molar-refractivity contribution in [3.8, 4) is 0 Å². The van der Waals surface area contributed by atoms with Gasteiger partial charge in [-0.1, -0.05) is 20.8 Å². The minimum absolute atomic E-state index is 0.107. The minimum Gasteiger partial charge on any atom is -0.481 e. The zero-order valence-electron chi connectivity index (χ0n) is 11.1. The molecule has 2 N–H and O–H groups in total. The number of carboxylic acids is 1. The molecule has 18 heavy (non-hydrogen) atoms. The first-order valence-corrected chi connectivity index (χ1v) is 5.87. The summed E-state index contributed by atoms with van der Waals surface area (Å²) in [5, 5.41) is 15.6. The van der Waals surface area contributed by atoms with Gasteiger partial charge in [0.15, 0.2) is 0 Å². The van der Waals surface area contributed by atoms with Gasteiger partial charge in [0.1, 0.15) is 5.69 Å². The summed E-state index contributed by atoms with van der Waals surface area (Å²) >= 11 is 0. The third kappa shape index (κ3) is 3.32. The number of aryl methyl sites for hydroxylation is 1. The molecule has 1 aromatic heterocycles. The minimum atomic E-state index is -0.928. The van der Waals surface area contributed by atoms with Crippen molar-refractivity contribution < 1.29 is 14.7 Å². The Hall–Kier alpha value is -1.85. The zero-order valence-corrected chi connectivity index (χ0v) is 11.1. The zero-order chi connectivity index (χ0) is 13.9. The van der Waals surface area contributed by atoms with Gasteiger partial charge >= 0.3 is 5.97 Å². The van der Waals surface area contributed by atoms with E-state index >= 15 is 0 Å². The Kier molecular flexibility index (Phi) is 4.47. The molecule has 0 fully saturated rings. The van der Waals surface area contributed by atoms with Gasteiger partial charge in [-0.05, 0) is 12.0 Å². The molecule has 0 aliphatic rings. The van der Waals surface area contributed by atoms with Gasteiger partial charge < -0.3 is 10.4 Å². The molecule has 1 rings (SSSR count). The maximum Gasteiger partial charge on any atom is 0.308 e. The summed E-state index contributed by atoms with van der Waals surface area (Å²) in [6.07, 6.45) is 0. The van der Waals surface area contributed by atoms with Gasteiger partial charge in [0, 0.05) is 13.6 Å². The summed E-state index contributed by atoms with van der Waals surface area (Å²) in [7, 11) is 1.70. The van der Waals surface area contributed by atoms with Crippen molar-refractivity contribution in [3.63, 3.8) is 0 Å². The van der Waals surface area contributed by atoms with Crippen LogP contribution in [0.25, 0.3) is 0 Å². The molecule has 0 spiro atoms. The number of hydrogen-bond acceptors (Lipinski definition) is 3. The van der Waals surface area contributed by atoms with Crippen LogP contribution >= 0.6 is 0 Å². The normalized spacial score (nSPS) is 12.5. The number of aromatic nitrogens is 2. The smallest absolute Gasteiger partial charge is 0.308 e. The molecule has 0 saturated carbocycles. The van der Waals surface area contributed by atoms with Crippen molar-refractivity contribution in [2.45, 2.75) is 26.7 Å². The molecule has 0 radical (unpaired) electrons. The number of nitrogens with one attached hydrogen (secondary N) is 1. The SMILES string of the molecule is CC(C)c1cc(C(=O)NC[C@@H](C)C(=O)O)n(C)n1. The highest BCUT2D eigenvalue weighted by atomic mass is 16.4. The fraction of sp³-hybridized carbons (Fsp3) is 0.583. The molecule has 0 aliphatic carbocycles. The van der Waals surface area contributed by atoms with E-state index in [9.17, 15) is 9.59 Å². The number of amides is 1. The van der Waals surface area contributed by atoms with Gasteiger partial charge in [-0.2, -0.15) is 5.10 Å².